The molecule has 78 valence electrons. The third kappa shape index (κ3) is 1.80. The number of hydrogen-bond acceptors (Lipinski definition) is 1. The van der Waals surface area contributed by atoms with Crippen LogP contribution in [0.25, 0.3) is 0 Å². The smallest absolute Gasteiger partial charge is 0.129 e. The fraction of sp³-hybridized carbons (Fsp3) is 0.500. The van der Waals surface area contributed by atoms with E-state index in [1.165, 1.54) is 0 Å². The van der Waals surface area contributed by atoms with E-state index >= 15 is 0 Å². The van der Waals surface area contributed by atoms with Crippen LogP contribution >= 0.6 is 0 Å². The van der Waals surface area contributed by atoms with E-state index in [1.807, 2.05) is 26.8 Å². The van der Waals surface area contributed by atoms with E-state index in [1.54, 1.807) is 6.92 Å². The Kier molecular flexibility index (Phi) is 3.27. The van der Waals surface area contributed by atoms with Gasteiger partial charge in [-0.15, -0.1) is 0 Å². The maximum absolute atomic E-state index is 13.6. The highest BCUT2D eigenvalue weighted by molar-refractivity contribution is 5.41. The maximum Gasteiger partial charge on any atom is 0.129 e. The Morgan fingerprint density at radius 2 is 1.86 bits per heavy atom. The Morgan fingerprint density at radius 1 is 1.29 bits per heavy atom. The summed E-state index contributed by atoms with van der Waals surface area (Å²) < 4.78 is 13.6. The lowest BCUT2D eigenvalue weighted by Crippen LogP contribution is -2.13. The van der Waals surface area contributed by atoms with Crippen molar-refractivity contribution >= 4 is 0 Å². The van der Waals surface area contributed by atoms with Crippen molar-refractivity contribution in [3.8, 4) is 0 Å². The number of halogens is 1. The minimum atomic E-state index is -0.0918. The molecule has 1 aromatic carbocycles. The molecule has 2 heteroatoms. The first-order chi connectivity index (χ1) is 6.49. The summed E-state index contributed by atoms with van der Waals surface area (Å²) in [5.41, 5.74) is 9.28. The third-order valence-corrected chi connectivity index (χ3v) is 2.78. The predicted molar refractivity (Wildman–Crippen MR) is 58.1 cm³/mol. The molecule has 1 unspecified atom stereocenters. The van der Waals surface area contributed by atoms with Crippen LogP contribution in [0, 0.1) is 26.6 Å². The third-order valence-electron chi connectivity index (χ3n) is 2.78. The SMILES string of the molecule is Cc1cc(C)c(C(C)CN)c(C)c1F. The van der Waals surface area contributed by atoms with Gasteiger partial charge in [-0.3, -0.25) is 0 Å². The molecule has 1 atom stereocenters. The Morgan fingerprint density at radius 3 is 2.36 bits per heavy atom. The highest BCUT2D eigenvalue weighted by atomic mass is 19.1. The zero-order valence-corrected chi connectivity index (χ0v) is 9.32. The molecule has 0 aliphatic heterocycles. The first kappa shape index (κ1) is 11.2. The van der Waals surface area contributed by atoms with Crippen LogP contribution < -0.4 is 5.73 Å². The molecule has 0 spiro atoms. The van der Waals surface area contributed by atoms with Crippen molar-refractivity contribution in [2.75, 3.05) is 6.54 Å². The maximum atomic E-state index is 13.6. The molecule has 0 amide bonds. The van der Waals surface area contributed by atoms with Gasteiger partial charge in [0.2, 0.25) is 0 Å². The fourth-order valence-electron chi connectivity index (χ4n) is 2.05. The summed E-state index contributed by atoms with van der Waals surface area (Å²) in [6.07, 6.45) is 0. The minimum absolute atomic E-state index is 0.0918. The van der Waals surface area contributed by atoms with E-state index in [9.17, 15) is 4.39 Å². The van der Waals surface area contributed by atoms with Crippen LogP contribution in [-0.4, -0.2) is 6.54 Å². The van der Waals surface area contributed by atoms with E-state index in [-0.39, 0.29) is 11.7 Å². The summed E-state index contributed by atoms with van der Waals surface area (Å²) in [6.45, 7) is 8.23. The van der Waals surface area contributed by atoms with Gasteiger partial charge in [-0.25, -0.2) is 4.39 Å². The van der Waals surface area contributed by atoms with E-state index in [0.29, 0.717) is 12.1 Å². The monoisotopic (exact) mass is 195 g/mol. The average Bonchev–Trinajstić information content (AvgIpc) is 2.14. The number of rotatable bonds is 2. The molecule has 1 nitrogen and oxygen atoms in total. The van der Waals surface area contributed by atoms with Gasteiger partial charge in [-0.2, -0.15) is 0 Å². The van der Waals surface area contributed by atoms with Crippen LogP contribution in [-0.2, 0) is 0 Å². The summed E-state index contributed by atoms with van der Waals surface area (Å²) in [5.74, 6) is 0.135. The Balaban J connectivity index is 3.36. The van der Waals surface area contributed by atoms with E-state index in [2.05, 4.69) is 0 Å². The van der Waals surface area contributed by atoms with Crippen molar-refractivity contribution in [3.05, 3.63) is 34.1 Å². The lowest BCUT2D eigenvalue weighted by atomic mass is 9.90. The van der Waals surface area contributed by atoms with Gasteiger partial charge in [0.1, 0.15) is 5.82 Å². The molecule has 0 aromatic heterocycles. The zero-order chi connectivity index (χ0) is 10.9. The second-order valence-electron chi connectivity index (χ2n) is 4.00. The fourth-order valence-corrected chi connectivity index (χ4v) is 2.05. The molecular formula is C12H18FN. The molecule has 0 aliphatic carbocycles. The summed E-state index contributed by atoms with van der Waals surface area (Å²) in [7, 11) is 0. The number of benzene rings is 1. The van der Waals surface area contributed by atoms with Crippen LogP contribution in [0.15, 0.2) is 6.07 Å². The first-order valence-corrected chi connectivity index (χ1v) is 4.95. The van der Waals surface area contributed by atoms with Gasteiger partial charge in [0.15, 0.2) is 0 Å². The van der Waals surface area contributed by atoms with Crippen molar-refractivity contribution < 1.29 is 4.39 Å². The molecule has 0 radical (unpaired) electrons. The zero-order valence-electron chi connectivity index (χ0n) is 9.32. The Labute approximate surface area is 85.1 Å². The van der Waals surface area contributed by atoms with Crippen LogP contribution in [0.3, 0.4) is 0 Å². The van der Waals surface area contributed by atoms with Gasteiger partial charge in [0.25, 0.3) is 0 Å². The second-order valence-corrected chi connectivity index (χ2v) is 4.00. The van der Waals surface area contributed by atoms with Crippen molar-refractivity contribution in [3.63, 3.8) is 0 Å². The van der Waals surface area contributed by atoms with Crippen molar-refractivity contribution in [1.82, 2.24) is 0 Å². The largest absolute Gasteiger partial charge is 0.330 e. The summed E-state index contributed by atoms with van der Waals surface area (Å²) >= 11 is 0. The van der Waals surface area contributed by atoms with Gasteiger partial charge >= 0.3 is 0 Å². The van der Waals surface area contributed by atoms with Gasteiger partial charge in [0.05, 0.1) is 0 Å². The Bertz CT molecular complexity index is 345. The van der Waals surface area contributed by atoms with Gasteiger partial charge in [0, 0.05) is 0 Å². The lowest BCUT2D eigenvalue weighted by Gasteiger charge is -2.17. The van der Waals surface area contributed by atoms with E-state index in [0.717, 1.165) is 16.7 Å². The van der Waals surface area contributed by atoms with Gasteiger partial charge in [-0.05, 0) is 55.5 Å². The summed E-state index contributed by atoms with van der Waals surface area (Å²) in [6, 6.07) is 1.89. The molecule has 0 saturated heterocycles. The quantitative estimate of drug-likeness (QED) is 0.771. The van der Waals surface area contributed by atoms with Crippen LogP contribution in [0.4, 0.5) is 4.39 Å². The van der Waals surface area contributed by atoms with Crippen LogP contribution in [0.1, 0.15) is 35.1 Å². The molecule has 2 N–H and O–H groups in total. The first-order valence-electron chi connectivity index (χ1n) is 4.95. The predicted octanol–water partition coefficient (Wildman–Crippen LogP) is 2.81. The average molecular weight is 195 g/mol. The molecule has 0 fully saturated rings. The van der Waals surface area contributed by atoms with E-state index < -0.39 is 0 Å². The molecule has 0 bridgehead atoms. The molecular weight excluding hydrogens is 177 g/mol. The number of nitrogens with two attached hydrogens (primary N) is 1. The van der Waals surface area contributed by atoms with Gasteiger partial charge in [-0.1, -0.05) is 13.0 Å². The van der Waals surface area contributed by atoms with Crippen LogP contribution in [0.2, 0.25) is 0 Å². The number of aryl methyl sites for hydroxylation is 2. The highest BCUT2D eigenvalue weighted by Crippen LogP contribution is 2.26. The molecule has 1 rings (SSSR count). The number of hydrogen-bond donors (Lipinski definition) is 1. The van der Waals surface area contributed by atoms with Crippen molar-refractivity contribution in [2.24, 2.45) is 5.73 Å². The molecule has 14 heavy (non-hydrogen) atoms. The Hall–Kier alpha value is -0.890. The van der Waals surface area contributed by atoms with Crippen molar-refractivity contribution in [2.45, 2.75) is 33.6 Å². The molecule has 0 saturated carbocycles. The molecule has 0 heterocycles. The van der Waals surface area contributed by atoms with Gasteiger partial charge < -0.3 is 5.73 Å². The molecule has 1 aromatic rings. The summed E-state index contributed by atoms with van der Waals surface area (Å²) in [5, 5.41) is 0. The lowest BCUT2D eigenvalue weighted by molar-refractivity contribution is 0.600. The van der Waals surface area contributed by atoms with Crippen molar-refractivity contribution in [1.29, 1.82) is 0 Å². The normalized spacial score (nSPS) is 13.0. The topological polar surface area (TPSA) is 26.0 Å². The minimum Gasteiger partial charge on any atom is -0.330 e. The summed E-state index contributed by atoms with van der Waals surface area (Å²) in [4.78, 5) is 0. The highest BCUT2D eigenvalue weighted by Gasteiger charge is 2.14. The van der Waals surface area contributed by atoms with E-state index in [4.69, 9.17) is 5.73 Å². The second kappa shape index (κ2) is 4.09. The standard InChI is InChI=1S/C12H18FN/c1-7-5-8(2)12(13)10(4)11(7)9(3)6-14/h5,9H,6,14H2,1-4H3. The molecule has 0 aliphatic rings. The van der Waals surface area contributed by atoms with Crippen LogP contribution in [0.5, 0.6) is 0 Å².